The van der Waals surface area contributed by atoms with E-state index >= 15 is 0 Å². The highest BCUT2D eigenvalue weighted by molar-refractivity contribution is 6.31. The minimum atomic E-state index is 0.291. The number of phenolic OH excluding ortho intramolecular Hbond substituents is 1. The Hall–Kier alpha value is -1.47. The molecule has 1 N–H and O–H groups in total. The van der Waals surface area contributed by atoms with Gasteiger partial charge in [0.25, 0.3) is 0 Å². The first-order valence-electron chi connectivity index (χ1n) is 6.18. The van der Waals surface area contributed by atoms with Gasteiger partial charge in [0.05, 0.1) is 0 Å². The lowest BCUT2D eigenvalue weighted by atomic mass is 10.0. The van der Waals surface area contributed by atoms with Crippen molar-refractivity contribution in [3.8, 4) is 5.75 Å². The highest BCUT2D eigenvalue weighted by atomic mass is 35.5. The summed E-state index contributed by atoms with van der Waals surface area (Å²) in [6, 6.07) is 13.2. The van der Waals surface area contributed by atoms with E-state index < -0.39 is 0 Å². The molecule has 0 spiro atoms. The summed E-state index contributed by atoms with van der Waals surface area (Å²) in [6.07, 6.45) is 0.792. The summed E-state index contributed by atoms with van der Waals surface area (Å²) in [7, 11) is 0. The average Bonchev–Trinajstić information content (AvgIpc) is 2.39. The van der Waals surface area contributed by atoms with Gasteiger partial charge in [0, 0.05) is 5.02 Å². The molecule has 2 aromatic carbocycles. The fourth-order valence-electron chi connectivity index (χ4n) is 1.67. The molecule has 18 heavy (non-hydrogen) atoms. The Balaban J connectivity index is 0.000000771. The van der Waals surface area contributed by atoms with Crippen molar-refractivity contribution in [3.05, 3.63) is 64.2 Å². The third-order valence-electron chi connectivity index (χ3n) is 2.53. The van der Waals surface area contributed by atoms with E-state index in [0.29, 0.717) is 5.75 Å². The van der Waals surface area contributed by atoms with E-state index in [-0.39, 0.29) is 0 Å². The van der Waals surface area contributed by atoms with Gasteiger partial charge in [-0.3, -0.25) is 0 Å². The molecule has 2 aromatic rings. The molecule has 96 valence electrons. The van der Waals surface area contributed by atoms with Crippen LogP contribution in [0.15, 0.2) is 42.5 Å². The molecule has 0 unspecified atom stereocenters. The number of aromatic hydroxyl groups is 1. The molecule has 0 heterocycles. The van der Waals surface area contributed by atoms with Gasteiger partial charge in [-0.05, 0) is 42.7 Å². The standard InChI is InChI=1S/C14H13ClO.C2H6/c1-10-2-7-14(15)12(8-10)9-11-3-5-13(16)6-4-11;1-2/h2-8,16H,9H2,1H3;1-2H3. The molecule has 0 aliphatic carbocycles. The number of aryl methyl sites for hydroxylation is 1. The molecule has 0 fully saturated rings. The molecular formula is C16H19ClO. The second-order valence-corrected chi connectivity index (χ2v) is 4.35. The zero-order chi connectivity index (χ0) is 13.5. The quantitative estimate of drug-likeness (QED) is 0.810. The molecule has 0 atom stereocenters. The number of rotatable bonds is 2. The van der Waals surface area contributed by atoms with Crippen LogP contribution < -0.4 is 0 Å². The minimum Gasteiger partial charge on any atom is -0.508 e. The summed E-state index contributed by atoms with van der Waals surface area (Å²) in [5, 5.41) is 9.99. The van der Waals surface area contributed by atoms with Gasteiger partial charge in [-0.15, -0.1) is 0 Å². The molecule has 0 radical (unpaired) electrons. The van der Waals surface area contributed by atoms with Crippen LogP contribution in [0.3, 0.4) is 0 Å². The third kappa shape index (κ3) is 4.08. The van der Waals surface area contributed by atoms with Gasteiger partial charge in [0.15, 0.2) is 0 Å². The minimum absolute atomic E-state index is 0.291. The fourth-order valence-corrected chi connectivity index (χ4v) is 1.86. The maximum absolute atomic E-state index is 9.20. The SMILES string of the molecule is CC.Cc1ccc(Cl)c(Cc2ccc(O)cc2)c1. The van der Waals surface area contributed by atoms with E-state index in [1.165, 1.54) is 5.56 Å². The largest absolute Gasteiger partial charge is 0.508 e. The first kappa shape index (κ1) is 14.6. The highest BCUT2D eigenvalue weighted by Crippen LogP contribution is 2.21. The van der Waals surface area contributed by atoms with E-state index in [0.717, 1.165) is 22.6 Å². The smallest absolute Gasteiger partial charge is 0.115 e. The third-order valence-corrected chi connectivity index (χ3v) is 2.90. The summed E-state index contributed by atoms with van der Waals surface area (Å²) in [5.74, 6) is 0.291. The average molecular weight is 263 g/mol. The van der Waals surface area contributed by atoms with Crippen molar-refractivity contribution in [3.63, 3.8) is 0 Å². The number of hydrogen-bond donors (Lipinski definition) is 1. The van der Waals surface area contributed by atoms with Gasteiger partial charge < -0.3 is 5.11 Å². The predicted molar refractivity (Wildman–Crippen MR) is 78.4 cm³/mol. The Morgan fingerprint density at radius 1 is 1.00 bits per heavy atom. The molecule has 0 amide bonds. The summed E-state index contributed by atoms with van der Waals surface area (Å²) < 4.78 is 0. The summed E-state index contributed by atoms with van der Waals surface area (Å²) in [6.45, 7) is 6.05. The lowest BCUT2D eigenvalue weighted by Gasteiger charge is -2.06. The molecule has 0 aromatic heterocycles. The predicted octanol–water partition coefficient (Wildman–Crippen LogP) is 4.97. The summed E-state index contributed by atoms with van der Waals surface area (Å²) in [4.78, 5) is 0. The zero-order valence-electron chi connectivity index (χ0n) is 11.1. The van der Waals surface area contributed by atoms with E-state index in [2.05, 4.69) is 13.0 Å². The Morgan fingerprint density at radius 3 is 2.22 bits per heavy atom. The van der Waals surface area contributed by atoms with Crippen LogP contribution in [0.4, 0.5) is 0 Å². The normalized spacial score (nSPS) is 9.56. The van der Waals surface area contributed by atoms with Gasteiger partial charge in [0.2, 0.25) is 0 Å². The van der Waals surface area contributed by atoms with Crippen LogP contribution in [0, 0.1) is 6.92 Å². The lowest BCUT2D eigenvalue weighted by Crippen LogP contribution is -1.90. The van der Waals surface area contributed by atoms with Crippen molar-refractivity contribution in [2.24, 2.45) is 0 Å². The van der Waals surface area contributed by atoms with Crippen LogP contribution in [0.5, 0.6) is 5.75 Å². The highest BCUT2D eigenvalue weighted by Gasteiger charge is 2.02. The Morgan fingerprint density at radius 2 is 1.61 bits per heavy atom. The van der Waals surface area contributed by atoms with Crippen LogP contribution in [0.2, 0.25) is 5.02 Å². The molecule has 2 rings (SSSR count). The molecule has 1 nitrogen and oxygen atoms in total. The van der Waals surface area contributed by atoms with Crippen LogP contribution in [-0.4, -0.2) is 5.11 Å². The molecule has 2 heteroatoms. The maximum atomic E-state index is 9.20. The maximum Gasteiger partial charge on any atom is 0.115 e. The molecule has 0 bridgehead atoms. The van der Waals surface area contributed by atoms with E-state index in [1.807, 2.05) is 38.1 Å². The first-order chi connectivity index (χ1) is 8.65. The van der Waals surface area contributed by atoms with Crippen molar-refractivity contribution >= 4 is 11.6 Å². The lowest BCUT2D eigenvalue weighted by molar-refractivity contribution is 0.475. The van der Waals surface area contributed by atoms with Crippen molar-refractivity contribution in [2.45, 2.75) is 27.2 Å². The molecule has 0 aliphatic rings. The number of hydrogen-bond acceptors (Lipinski definition) is 1. The van der Waals surface area contributed by atoms with Crippen LogP contribution in [0.25, 0.3) is 0 Å². The van der Waals surface area contributed by atoms with E-state index in [1.54, 1.807) is 12.1 Å². The van der Waals surface area contributed by atoms with Crippen molar-refractivity contribution in [1.82, 2.24) is 0 Å². The van der Waals surface area contributed by atoms with E-state index in [4.69, 9.17) is 11.6 Å². The number of halogens is 1. The Labute approximate surface area is 114 Å². The van der Waals surface area contributed by atoms with Crippen LogP contribution in [-0.2, 0) is 6.42 Å². The second kappa shape index (κ2) is 7.07. The number of benzene rings is 2. The summed E-state index contributed by atoms with van der Waals surface area (Å²) >= 11 is 6.13. The fraction of sp³-hybridized carbons (Fsp3) is 0.250. The molecule has 0 saturated heterocycles. The number of phenols is 1. The van der Waals surface area contributed by atoms with Gasteiger partial charge in [-0.25, -0.2) is 0 Å². The first-order valence-corrected chi connectivity index (χ1v) is 6.56. The summed E-state index contributed by atoms with van der Waals surface area (Å²) in [5.41, 5.74) is 3.47. The Kier molecular flexibility index (Phi) is 5.73. The topological polar surface area (TPSA) is 20.2 Å². The molecular weight excluding hydrogens is 244 g/mol. The second-order valence-electron chi connectivity index (χ2n) is 3.94. The van der Waals surface area contributed by atoms with Crippen molar-refractivity contribution in [1.29, 1.82) is 0 Å². The van der Waals surface area contributed by atoms with Crippen LogP contribution in [0.1, 0.15) is 30.5 Å². The van der Waals surface area contributed by atoms with Gasteiger partial charge >= 0.3 is 0 Å². The van der Waals surface area contributed by atoms with Crippen molar-refractivity contribution in [2.75, 3.05) is 0 Å². The van der Waals surface area contributed by atoms with Gasteiger partial charge in [-0.2, -0.15) is 0 Å². The molecule has 0 aliphatic heterocycles. The zero-order valence-corrected chi connectivity index (χ0v) is 11.8. The van der Waals surface area contributed by atoms with Crippen molar-refractivity contribution < 1.29 is 5.11 Å². The van der Waals surface area contributed by atoms with Crippen LogP contribution >= 0.6 is 11.6 Å². The van der Waals surface area contributed by atoms with E-state index in [9.17, 15) is 5.11 Å². The van der Waals surface area contributed by atoms with Gasteiger partial charge in [0.1, 0.15) is 5.75 Å². The Bertz CT molecular complexity index is 489. The monoisotopic (exact) mass is 262 g/mol. The molecule has 0 saturated carbocycles. The van der Waals surface area contributed by atoms with Gasteiger partial charge in [-0.1, -0.05) is 55.3 Å².